The number of likely N-dealkylation sites (tertiary alicyclic amines) is 1. The molecule has 1 aliphatic rings. The van der Waals surface area contributed by atoms with Crippen LogP contribution in [0.4, 0.5) is 9.59 Å². The SMILES string of the molecule is COC(=O)NC1CCN(C(=O)NCCCC(C)C(=O)O)C1. The van der Waals surface area contributed by atoms with E-state index in [2.05, 4.69) is 15.4 Å². The van der Waals surface area contributed by atoms with Crippen LogP contribution in [0.2, 0.25) is 0 Å². The van der Waals surface area contributed by atoms with E-state index in [-0.39, 0.29) is 12.1 Å². The fraction of sp³-hybridized carbons (Fsp3) is 0.769. The first-order valence-corrected chi connectivity index (χ1v) is 7.04. The van der Waals surface area contributed by atoms with Gasteiger partial charge in [0.15, 0.2) is 0 Å². The summed E-state index contributed by atoms with van der Waals surface area (Å²) in [5, 5.41) is 14.2. The van der Waals surface area contributed by atoms with Crippen molar-refractivity contribution in [3.05, 3.63) is 0 Å². The zero-order valence-corrected chi connectivity index (χ0v) is 12.4. The van der Waals surface area contributed by atoms with Gasteiger partial charge < -0.3 is 25.4 Å². The molecule has 0 aromatic carbocycles. The number of alkyl carbamates (subject to hydrolysis) is 1. The highest BCUT2D eigenvalue weighted by molar-refractivity contribution is 5.75. The Hall–Kier alpha value is -1.99. The molecule has 0 aromatic heterocycles. The number of urea groups is 1. The number of methoxy groups -OCH3 is 1. The molecule has 120 valence electrons. The van der Waals surface area contributed by atoms with E-state index in [0.29, 0.717) is 38.9 Å². The maximum absolute atomic E-state index is 11.9. The van der Waals surface area contributed by atoms with Crippen LogP contribution in [-0.2, 0) is 9.53 Å². The third-order valence-corrected chi connectivity index (χ3v) is 3.49. The largest absolute Gasteiger partial charge is 0.481 e. The van der Waals surface area contributed by atoms with Gasteiger partial charge in [0.1, 0.15) is 0 Å². The van der Waals surface area contributed by atoms with Crippen LogP contribution in [-0.4, -0.2) is 60.9 Å². The number of carboxylic acids is 1. The Bertz CT molecular complexity index is 388. The highest BCUT2D eigenvalue weighted by atomic mass is 16.5. The van der Waals surface area contributed by atoms with Gasteiger partial charge in [0.2, 0.25) is 0 Å². The van der Waals surface area contributed by atoms with Gasteiger partial charge in [-0.2, -0.15) is 0 Å². The molecule has 1 aliphatic heterocycles. The minimum atomic E-state index is -0.822. The number of carbonyl (C=O) groups is 3. The molecule has 0 saturated carbocycles. The fourth-order valence-corrected chi connectivity index (χ4v) is 2.13. The summed E-state index contributed by atoms with van der Waals surface area (Å²) < 4.78 is 4.51. The molecule has 1 rings (SSSR count). The second-order valence-electron chi connectivity index (χ2n) is 5.18. The number of rotatable bonds is 6. The summed E-state index contributed by atoms with van der Waals surface area (Å²) in [5.41, 5.74) is 0. The molecule has 8 nitrogen and oxygen atoms in total. The predicted octanol–water partition coefficient (Wildman–Crippen LogP) is 0.627. The molecule has 0 bridgehead atoms. The molecule has 1 fully saturated rings. The maximum atomic E-state index is 11.9. The van der Waals surface area contributed by atoms with Gasteiger partial charge in [-0.1, -0.05) is 6.92 Å². The van der Waals surface area contributed by atoms with Crippen molar-refractivity contribution >= 4 is 18.1 Å². The molecule has 0 spiro atoms. The van der Waals surface area contributed by atoms with Crippen molar-refractivity contribution in [3.8, 4) is 0 Å². The molecule has 1 heterocycles. The van der Waals surface area contributed by atoms with Crippen LogP contribution in [0.1, 0.15) is 26.2 Å². The zero-order chi connectivity index (χ0) is 15.8. The Morgan fingerprint density at radius 1 is 1.43 bits per heavy atom. The Morgan fingerprint density at radius 3 is 2.76 bits per heavy atom. The van der Waals surface area contributed by atoms with Crippen LogP contribution in [0.25, 0.3) is 0 Å². The first kappa shape index (κ1) is 17.1. The smallest absolute Gasteiger partial charge is 0.407 e. The number of hydrogen-bond acceptors (Lipinski definition) is 4. The summed E-state index contributed by atoms with van der Waals surface area (Å²) in [6, 6.07) is -0.276. The number of hydrogen-bond donors (Lipinski definition) is 3. The quantitative estimate of drug-likeness (QED) is 0.624. The first-order valence-electron chi connectivity index (χ1n) is 7.04. The van der Waals surface area contributed by atoms with E-state index in [1.807, 2.05) is 0 Å². The summed E-state index contributed by atoms with van der Waals surface area (Å²) in [6.45, 7) is 3.12. The van der Waals surface area contributed by atoms with Crippen molar-refractivity contribution in [2.24, 2.45) is 5.92 Å². The Morgan fingerprint density at radius 2 is 2.14 bits per heavy atom. The minimum Gasteiger partial charge on any atom is -0.481 e. The Labute approximate surface area is 123 Å². The van der Waals surface area contributed by atoms with Crippen molar-refractivity contribution in [2.75, 3.05) is 26.7 Å². The molecule has 2 atom stereocenters. The van der Waals surface area contributed by atoms with Gasteiger partial charge >= 0.3 is 18.1 Å². The summed E-state index contributed by atoms with van der Waals surface area (Å²) in [4.78, 5) is 35.2. The highest BCUT2D eigenvalue weighted by Crippen LogP contribution is 2.09. The van der Waals surface area contributed by atoms with E-state index in [1.165, 1.54) is 7.11 Å². The zero-order valence-electron chi connectivity index (χ0n) is 12.4. The van der Waals surface area contributed by atoms with Gasteiger partial charge in [-0.15, -0.1) is 0 Å². The van der Waals surface area contributed by atoms with Crippen LogP contribution in [0.5, 0.6) is 0 Å². The van der Waals surface area contributed by atoms with Gasteiger partial charge in [-0.05, 0) is 19.3 Å². The normalized spacial score (nSPS) is 19.0. The third kappa shape index (κ3) is 5.88. The average molecular weight is 301 g/mol. The topological polar surface area (TPSA) is 108 Å². The van der Waals surface area contributed by atoms with Gasteiger partial charge in [0.05, 0.1) is 19.1 Å². The molecule has 0 aliphatic carbocycles. The summed E-state index contributed by atoms with van der Waals surface area (Å²) in [7, 11) is 1.30. The lowest BCUT2D eigenvalue weighted by Crippen LogP contribution is -2.42. The molecule has 2 unspecified atom stereocenters. The van der Waals surface area contributed by atoms with Gasteiger partial charge in [0, 0.05) is 19.6 Å². The monoisotopic (exact) mass is 301 g/mol. The molecule has 3 amide bonds. The Kier molecular flexibility index (Phi) is 6.77. The molecular weight excluding hydrogens is 278 g/mol. The highest BCUT2D eigenvalue weighted by Gasteiger charge is 2.27. The number of carbonyl (C=O) groups excluding carboxylic acids is 2. The number of aliphatic carboxylic acids is 1. The lowest BCUT2D eigenvalue weighted by Gasteiger charge is -2.17. The number of ether oxygens (including phenoxy) is 1. The van der Waals surface area contributed by atoms with E-state index in [1.54, 1.807) is 11.8 Å². The Balaban J connectivity index is 2.19. The minimum absolute atomic E-state index is 0.0877. The first-order chi connectivity index (χ1) is 9.93. The van der Waals surface area contributed by atoms with Crippen molar-refractivity contribution in [3.63, 3.8) is 0 Å². The van der Waals surface area contributed by atoms with Crippen LogP contribution >= 0.6 is 0 Å². The second kappa shape index (κ2) is 8.33. The number of nitrogens with zero attached hydrogens (tertiary/aromatic N) is 1. The summed E-state index contributed by atoms with van der Waals surface area (Å²) in [5.74, 6) is -1.22. The second-order valence-corrected chi connectivity index (χ2v) is 5.18. The van der Waals surface area contributed by atoms with E-state index in [4.69, 9.17) is 5.11 Å². The molecule has 21 heavy (non-hydrogen) atoms. The van der Waals surface area contributed by atoms with Crippen molar-refractivity contribution in [2.45, 2.75) is 32.2 Å². The van der Waals surface area contributed by atoms with Crippen LogP contribution in [0.3, 0.4) is 0 Å². The lowest BCUT2D eigenvalue weighted by molar-refractivity contribution is -0.141. The molecule has 3 N–H and O–H groups in total. The molecule has 0 aromatic rings. The van der Waals surface area contributed by atoms with E-state index < -0.39 is 18.0 Å². The number of nitrogens with one attached hydrogen (secondary N) is 2. The summed E-state index contributed by atoms with van der Waals surface area (Å²) in [6.07, 6.45) is 1.35. The van der Waals surface area contributed by atoms with Crippen LogP contribution in [0, 0.1) is 5.92 Å². The molecule has 0 radical (unpaired) electrons. The summed E-state index contributed by atoms with van der Waals surface area (Å²) >= 11 is 0. The fourth-order valence-electron chi connectivity index (χ4n) is 2.13. The average Bonchev–Trinajstić information content (AvgIpc) is 2.91. The third-order valence-electron chi connectivity index (χ3n) is 3.49. The molecule has 8 heteroatoms. The maximum Gasteiger partial charge on any atom is 0.407 e. The van der Waals surface area contributed by atoms with Gasteiger partial charge in [0.25, 0.3) is 0 Å². The van der Waals surface area contributed by atoms with Gasteiger partial charge in [-0.3, -0.25) is 4.79 Å². The van der Waals surface area contributed by atoms with Crippen molar-refractivity contribution in [1.82, 2.24) is 15.5 Å². The van der Waals surface area contributed by atoms with E-state index in [9.17, 15) is 14.4 Å². The predicted molar refractivity (Wildman–Crippen MR) is 75.0 cm³/mol. The molecule has 1 saturated heterocycles. The van der Waals surface area contributed by atoms with Gasteiger partial charge in [-0.25, -0.2) is 9.59 Å². The van der Waals surface area contributed by atoms with Crippen molar-refractivity contribution in [1.29, 1.82) is 0 Å². The van der Waals surface area contributed by atoms with Crippen molar-refractivity contribution < 1.29 is 24.2 Å². The number of amides is 3. The number of carboxylic acid groups (broad SMARTS) is 1. The van der Waals surface area contributed by atoms with Crippen LogP contribution < -0.4 is 10.6 Å². The van der Waals surface area contributed by atoms with E-state index >= 15 is 0 Å². The standard InChI is InChI=1S/C13H23N3O5/c1-9(11(17)18)4-3-6-14-12(19)16-7-5-10(8-16)15-13(20)21-2/h9-10H,3-8H2,1-2H3,(H,14,19)(H,15,20)(H,17,18). The molecular formula is C13H23N3O5. The van der Waals surface area contributed by atoms with E-state index in [0.717, 1.165) is 0 Å². The lowest BCUT2D eigenvalue weighted by atomic mass is 10.1. The van der Waals surface area contributed by atoms with Crippen LogP contribution in [0.15, 0.2) is 0 Å².